The van der Waals surface area contributed by atoms with E-state index < -0.39 is 12.1 Å². The topological polar surface area (TPSA) is 87.7 Å². The van der Waals surface area contributed by atoms with E-state index in [4.69, 9.17) is 14.4 Å². The molecular weight excluding hydrogens is 267 g/mol. The average molecular weight is 279 g/mol. The van der Waals surface area contributed by atoms with Crippen LogP contribution in [0.3, 0.4) is 0 Å². The molecule has 2 rings (SSSR count). The van der Waals surface area contributed by atoms with Crippen LogP contribution in [0, 0.1) is 6.92 Å². The van der Waals surface area contributed by atoms with E-state index in [0.29, 0.717) is 5.92 Å². The number of hydrogen-bond donors (Lipinski definition) is 2. The number of hydrogen-bond acceptors (Lipinski definition) is 5. The molecule has 1 aromatic heterocycles. The summed E-state index contributed by atoms with van der Waals surface area (Å²) in [7, 11) is 0. The van der Waals surface area contributed by atoms with Crippen molar-refractivity contribution in [2.45, 2.75) is 19.0 Å². The normalized spacial score (nSPS) is 18.2. The molecule has 0 aromatic carbocycles. The van der Waals surface area contributed by atoms with Crippen LogP contribution in [0.25, 0.3) is 0 Å². The van der Waals surface area contributed by atoms with Gasteiger partial charge in [-0.25, -0.2) is 4.79 Å². The van der Waals surface area contributed by atoms with Crippen LogP contribution in [0.5, 0.6) is 0 Å². The fourth-order valence-corrected chi connectivity index (χ4v) is 1.27. The summed E-state index contributed by atoms with van der Waals surface area (Å²) in [4.78, 5) is 13.0. The minimum Gasteiger partial charge on any atom is -0.475 e. The first kappa shape index (κ1) is 15.0. The summed E-state index contributed by atoms with van der Waals surface area (Å²) < 4.78 is 36.9. The van der Waals surface area contributed by atoms with Crippen LogP contribution in [0.1, 0.15) is 17.4 Å². The number of nitrogens with zero attached hydrogens (tertiary/aromatic N) is 2. The number of nitrogens with one attached hydrogen (secondary N) is 1. The van der Waals surface area contributed by atoms with Gasteiger partial charge in [0.2, 0.25) is 0 Å². The van der Waals surface area contributed by atoms with Crippen molar-refractivity contribution >= 4 is 12.3 Å². The van der Waals surface area contributed by atoms with Crippen LogP contribution in [0.15, 0.2) is 15.6 Å². The van der Waals surface area contributed by atoms with Gasteiger partial charge in [-0.2, -0.15) is 13.2 Å². The molecule has 1 unspecified atom stereocenters. The van der Waals surface area contributed by atoms with Crippen molar-refractivity contribution in [1.29, 1.82) is 0 Å². The number of rotatable bonds is 1. The van der Waals surface area contributed by atoms with Crippen molar-refractivity contribution in [3.63, 3.8) is 0 Å². The van der Waals surface area contributed by atoms with Crippen LogP contribution >= 0.6 is 0 Å². The first-order valence-corrected chi connectivity index (χ1v) is 5.25. The Morgan fingerprint density at radius 2 is 2.21 bits per heavy atom. The van der Waals surface area contributed by atoms with E-state index in [1.807, 2.05) is 13.0 Å². The molecule has 1 aromatic rings. The maximum atomic E-state index is 10.6. The lowest BCUT2D eigenvalue weighted by Crippen LogP contribution is -2.26. The molecule has 19 heavy (non-hydrogen) atoms. The average Bonchev–Trinajstić information content (AvgIpc) is 2.77. The van der Waals surface area contributed by atoms with E-state index in [0.717, 1.165) is 24.5 Å². The first-order chi connectivity index (χ1) is 8.80. The largest absolute Gasteiger partial charge is 0.490 e. The molecule has 0 spiro atoms. The number of aromatic nitrogens is 1. The van der Waals surface area contributed by atoms with Gasteiger partial charge in [0.1, 0.15) is 5.76 Å². The van der Waals surface area contributed by atoms with E-state index in [1.165, 1.54) is 0 Å². The quantitative estimate of drug-likeness (QED) is 0.809. The minimum atomic E-state index is -5.08. The zero-order valence-corrected chi connectivity index (χ0v) is 9.94. The number of aryl methyl sites for hydroxylation is 1. The smallest absolute Gasteiger partial charge is 0.475 e. The highest BCUT2D eigenvalue weighted by Crippen LogP contribution is 2.17. The van der Waals surface area contributed by atoms with Crippen molar-refractivity contribution in [2.75, 3.05) is 13.1 Å². The van der Waals surface area contributed by atoms with Crippen LogP contribution in [0.4, 0.5) is 13.2 Å². The summed E-state index contributed by atoms with van der Waals surface area (Å²) in [6.45, 7) is 3.60. The Bertz CT molecular complexity index is 456. The van der Waals surface area contributed by atoms with Gasteiger partial charge in [0, 0.05) is 12.6 Å². The summed E-state index contributed by atoms with van der Waals surface area (Å²) in [6.07, 6.45) is -3.35. The molecule has 2 N–H and O–H groups in total. The SMILES string of the molecule is Cc1cc(C2CN=CNC2)on1.O=C(O)C(F)(F)F. The molecule has 0 amide bonds. The van der Waals surface area contributed by atoms with Crippen molar-refractivity contribution in [2.24, 2.45) is 4.99 Å². The summed E-state index contributed by atoms with van der Waals surface area (Å²) in [5.74, 6) is -1.49. The molecule has 1 aliphatic rings. The Morgan fingerprint density at radius 1 is 1.58 bits per heavy atom. The zero-order chi connectivity index (χ0) is 14.5. The third kappa shape index (κ3) is 4.98. The Kier molecular flexibility index (Phi) is 4.90. The van der Waals surface area contributed by atoms with Gasteiger partial charge in [-0.15, -0.1) is 0 Å². The number of carboxylic acid groups (broad SMARTS) is 1. The Hall–Kier alpha value is -2.06. The van der Waals surface area contributed by atoms with E-state index in [-0.39, 0.29) is 0 Å². The summed E-state index contributed by atoms with van der Waals surface area (Å²) >= 11 is 0. The second kappa shape index (κ2) is 6.21. The number of aliphatic carboxylic acids is 1. The van der Waals surface area contributed by atoms with Gasteiger partial charge in [0.25, 0.3) is 0 Å². The molecule has 0 radical (unpaired) electrons. The molecule has 0 fully saturated rings. The molecule has 0 aliphatic carbocycles. The van der Waals surface area contributed by atoms with E-state index in [1.54, 1.807) is 6.34 Å². The highest BCUT2D eigenvalue weighted by atomic mass is 19.4. The third-order valence-electron chi connectivity index (χ3n) is 2.16. The number of carboxylic acids is 1. The lowest BCUT2D eigenvalue weighted by Gasteiger charge is -2.14. The monoisotopic (exact) mass is 279 g/mol. The molecule has 0 saturated carbocycles. The zero-order valence-electron chi connectivity index (χ0n) is 9.94. The van der Waals surface area contributed by atoms with Crippen LogP contribution in [-0.4, -0.2) is 41.8 Å². The van der Waals surface area contributed by atoms with E-state index in [9.17, 15) is 13.2 Å². The fraction of sp³-hybridized carbons (Fsp3) is 0.500. The number of carbonyl (C=O) groups is 1. The van der Waals surface area contributed by atoms with Crippen molar-refractivity contribution in [3.8, 4) is 0 Å². The van der Waals surface area contributed by atoms with E-state index in [2.05, 4.69) is 15.5 Å². The van der Waals surface area contributed by atoms with Gasteiger partial charge in [0.05, 0.1) is 24.5 Å². The highest BCUT2D eigenvalue weighted by Gasteiger charge is 2.38. The fourth-order valence-electron chi connectivity index (χ4n) is 1.27. The molecule has 6 nitrogen and oxygen atoms in total. The van der Waals surface area contributed by atoms with Gasteiger partial charge in [-0.3, -0.25) is 4.99 Å². The number of aliphatic imine (C=N–C) groups is 1. The number of alkyl halides is 3. The lowest BCUT2D eigenvalue weighted by molar-refractivity contribution is -0.192. The predicted octanol–water partition coefficient (Wildman–Crippen LogP) is 1.33. The lowest BCUT2D eigenvalue weighted by atomic mass is 10.1. The maximum absolute atomic E-state index is 10.6. The molecular formula is C10H12F3N3O3. The number of halogens is 3. The first-order valence-electron chi connectivity index (χ1n) is 5.25. The van der Waals surface area contributed by atoms with Gasteiger partial charge >= 0.3 is 12.1 Å². The summed E-state index contributed by atoms with van der Waals surface area (Å²) in [5.41, 5.74) is 0.930. The maximum Gasteiger partial charge on any atom is 0.490 e. The third-order valence-corrected chi connectivity index (χ3v) is 2.16. The van der Waals surface area contributed by atoms with Gasteiger partial charge in [-0.1, -0.05) is 5.16 Å². The van der Waals surface area contributed by atoms with Crippen LogP contribution in [-0.2, 0) is 4.79 Å². The van der Waals surface area contributed by atoms with Gasteiger partial charge in [-0.05, 0) is 6.92 Å². The second-order valence-corrected chi connectivity index (χ2v) is 3.77. The molecule has 106 valence electrons. The van der Waals surface area contributed by atoms with Crippen LogP contribution in [0.2, 0.25) is 0 Å². The molecule has 1 atom stereocenters. The van der Waals surface area contributed by atoms with Crippen molar-refractivity contribution < 1.29 is 27.6 Å². The van der Waals surface area contributed by atoms with E-state index >= 15 is 0 Å². The summed E-state index contributed by atoms with van der Waals surface area (Å²) in [6, 6.07) is 1.97. The standard InChI is InChI=1S/C8H11N3O.C2HF3O2/c1-6-2-8(12-11-6)7-3-9-5-10-4-7;3-2(4,5)1(6)7/h2,5,7H,3-4H2,1H3,(H,9,10);(H,6,7). The predicted molar refractivity (Wildman–Crippen MR) is 59.0 cm³/mol. The Morgan fingerprint density at radius 3 is 2.58 bits per heavy atom. The molecule has 0 saturated heterocycles. The van der Waals surface area contributed by atoms with Crippen molar-refractivity contribution in [3.05, 3.63) is 17.5 Å². The second-order valence-electron chi connectivity index (χ2n) is 3.77. The van der Waals surface area contributed by atoms with Crippen molar-refractivity contribution in [1.82, 2.24) is 10.5 Å². The van der Waals surface area contributed by atoms with Gasteiger partial charge < -0.3 is 14.9 Å². The Labute approximate surface area is 106 Å². The summed E-state index contributed by atoms with van der Waals surface area (Å²) in [5, 5.41) is 14.0. The van der Waals surface area contributed by atoms with Crippen LogP contribution < -0.4 is 5.32 Å². The van der Waals surface area contributed by atoms with Gasteiger partial charge in [0.15, 0.2) is 0 Å². The minimum absolute atomic E-state index is 0.344. The highest BCUT2D eigenvalue weighted by molar-refractivity contribution is 5.73. The molecule has 9 heteroatoms. The Balaban J connectivity index is 0.000000224. The molecule has 0 bridgehead atoms. The molecule has 2 heterocycles. The molecule has 1 aliphatic heterocycles.